The predicted molar refractivity (Wildman–Crippen MR) is 100 cm³/mol. The van der Waals surface area contributed by atoms with E-state index in [2.05, 4.69) is 5.32 Å². The molecule has 0 aromatic heterocycles. The number of hydrogen-bond donors (Lipinski definition) is 1. The summed E-state index contributed by atoms with van der Waals surface area (Å²) in [6.45, 7) is 0.341. The van der Waals surface area contributed by atoms with Gasteiger partial charge in [0, 0.05) is 32.7 Å². The second-order valence-corrected chi connectivity index (χ2v) is 8.45. The molecule has 1 N–H and O–H groups in total. The Bertz CT molecular complexity index is 993. The molecular formula is C19H20F3N3O3S. The molecule has 0 radical (unpaired) electrons. The Morgan fingerprint density at radius 3 is 2.34 bits per heavy atom. The molecule has 0 atom stereocenters. The van der Waals surface area contributed by atoms with E-state index >= 15 is 0 Å². The molecular weight excluding hydrogens is 407 g/mol. The fraction of sp³-hybridized carbons (Fsp3) is 0.316. The van der Waals surface area contributed by atoms with E-state index in [4.69, 9.17) is 0 Å². The van der Waals surface area contributed by atoms with Gasteiger partial charge in [-0.15, -0.1) is 0 Å². The summed E-state index contributed by atoms with van der Waals surface area (Å²) in [5.41, 5.74) is 0.487. The third-order valence-corrected chi connectivity index (χ3v) is 6.58. The van der Waals surface area contributed by atoms with Crippen LogP contribution in [0.2, 0.25) is 0 Å². The molecule has 6 nitrogen and oxygen atoms in total. The highest BCUT2D eigenvalue weighted by atomic mass is 32.2. The standard InChI is InChI=1S/C19H20F3N3O3S/c20-15-5-6-17(22)18(13-15)29(27,28)25-11-9-24(10-12-25)19(26)23-8-7-14-3-1-2-4-16(14)21/h1-6,13H,7-12H2,(H,23,26). The van der Waals surface area contributed by atoms with Gasteiger partial charge in [-0.05, 0) is 36.2 Å². The molecule has 0 unspecified atom stereocenters. The number of amides is 2. The van der Waals surface area contributed by atoms with Crippen molar-refractivity contribution in [3.63, 3.8) is 0 Å². The SMILES string of the molecule is O=C(NCCc1ccccc1F)N1CCN(S(=O)(=O)c2cc(F)ccc2F)CC1. The molecule has 1 heterocycles. The summed E-state index contributed by atoms with van der Waals surface area (Å²) in [6, 6.07) is 8.14. The van der Waals surface area contributed by atoms with E-state index in [0.717, 1.165) is 16.4 Å². The summed E-state index contributed by atoms with van der Waals surface area (Å²) in [6.07, 6.45) is 0.325. The Labute approximate surface area is 167 Å². The Kier molecular flexibility index (Phi) is 6.43. The molecule has 1 fully saturated rings. The minimum Gasteiger partial charge on any atom is -0.338 e. The van der Waals surface area contributed by atoms with Gasteiger partial charge < -0.3 is 10.2 Å². The molecule has 0 bridgehead atoms. The molecule has 2 amide bonds. The Balaban J connectivity index is 1.54. The van der Waals surface area contributed by atoms with Crippen molar-refractivity contribution in [1.29, 1.82) is 0 Å². The van der Waals surface area contributed by atoms with Crippen LogP contribution in [0.5, 0.6) is 0 Å². The van der Waals surface area contributed by atoms with Gasteiger partial charge in [0.25, 0.3) is 0 Å². The van der Waals surface area contributed by atoms with E-state index in [9.17, 15) is 26.4 Å². The summed E-state index contributed by atoms with van der Waals surface area (Å²) >= 11 is 0. The third kappa shape index (κ3) is 4.88. The molecule has 156 valence electrons. The van der Waals surface area contributed by atoms with Crippen LogP contribution in [0, 0.1) is 17.5 Å². The smallest absolute Gasteiger partial charge is 0.317 e. The van der Waals surface area contributed by atoms with Gasteiger partial charge in [-0.3, -0.25) is 0 Å². The zero-order valence-electron chi connectivity index (χ0n) is 15.4. The molecule has 1 saturated heterocycles. The quantitative estimate of drug-likeness (QED) is 0.797. The van der Waals surface area contributed by atoms with Gasteiger partial charge in [-0.25, -0.2) is 26.4 Å². The molecule has 0 aliphatic carbocycles. The number of nitrogens with zero attached hydrogens (tertiary/aromatic N) is 2. The van der Waals surface area contributed by atoms with Crippen LogP contribution in [-0.4, -0.2) is 56.4 Å². The lowest BCUT2D eigenvalue weighted by atomic mass is 10.1. The van der Waals surface area contributed by atoms with Crippen LogP contribution in [0.1, 0.15) is 5.56 Å². The third-order valence-electron chi connectivity index (χ3n) is 4.67. The van der Waals surface area contributed by atoms with E-state index in [0.29, 0.717) is 18.1 Å². The van der Waals surface area contributed by atoms with Crippen molar-refractivity contribution in [1.82, 2.24) is 14.5 Å². The second-order valence-electron chi connectivity index (χ2n) is 6.54. The number of halogens is 3. The topological polar surface area (TPSA) is 69.7 Å². The first-order valence-corrected chi connectivity index (χ1v) is 10.4. The normalized spacial score (nSPS) is 15.3. The average molecular weight is 427 g/mol. The maximum Gasteiger partial charge on any atom is 0.317 e. The molecule has 2 aromatic carbocycles. The van der Waals surface area contributed by atoms with E-state index in [-0.39, 0.29) is 38.5 Å². The predicted octanol–water partition coefficient (Wildman–Crippen LogP) is 2.36. The Morgan fingerprint density at radius 2 is 1.66 bits per heavy atom. The van der Waals surface area contributed by atoms with Crippen molar-refractivity contribution in [2.75, 3.05) is 32.7 Å². The van der Waals surface area contributed by atoms with Crippen molar-refractivity contribution in [3.05, 3.63) is 65.5 Å². The maximum absolute atomic E-state index is 13.9. The molecule has 29 heavy (non-hydrogen) atoms. The van der Waals surface area contributed by atoms with Crippen molar-refractivity contribution in [2.45, 2.75) is 11.3 Å². The van der Waals surface area contributed by atoms with Gasteiger partial charge in [-0.2, -0.15) is 4.31 Å². The van der Waals surface area contributed by atoms with Gasteiger partial charge in [0.15, 0.2) is 0 Å². The van der Waals surface area contributed by atoms with Crippen LogP contribution in [0.15, 0.2) is 47.4 Å². The van der Waals surface area contributed by atoms with Crippen LogP contribution in [-0.2, 0) is 16.4 Å². The average Bonchev–Trinajstić information content (AvgIpc) is 2.71. The molecule has 2 aromatic rings. The fourth-order valence-electron chi connectivity index (χ4n) is 3.06. The minimum atomic E-state index is -4.20. The first kappa shape index (κ1) is 21.1. The molecule has 3 rings (SSSR count). The van der Waals surface area contributed by atoms with Gasteiger partial charge in [0.1, 0.15) is 22.3 Å². The minimum absolute atomic E-state index is 0.0426. The van der Waals surface area contributed by atoms with Gasteiger partial charge in [0.05, 0.1) is 0 Å². The Morgan fingerprint density at radius 1 is 0.966 bits per heavy atom. The van der Waals surface area contributed by atoms with Gasteiger partial charge in [0.2, 0.25) is 10.0 Å². The summed E-state index contributed by atoms with van der Waals surface area (Å²) < 4.78 is 66.9. The summed E-state index contributed by atoms with van der Waals surface area (Å²) in [5, 5.41) is 2.67. The van der Waals surface area contributed by atoms with E-state index < -0.39 is 32.6 Å². The molecule has 0 spiro atoms. The number of piperazine rings is 1. The molecule has 10 heteroatoms. The summed E-state index contributed by atoms with van der Waals surface area (Å²) in [7, 11) is -4.20. The zero-order chi connectivity index (χ0) is 21.0. The fourth-order valence-corrected chi connectivity index (χ4v) is 4.56. The number of urea groups is 1. The number of hydrogen-bond acceptors (Lipinski definition) is 3. The number of carbonyl (C=O) groups excluding carboxylic acids is 1. The van der Waals surface area contributed by atoms with Gasteiger partial charge in [-0.1, -0.05) is 18.2 Å². The highest BCUT2D eigenvalue weighted by molar-refractivity contribution is 7.89. The number of carbonyl (C=O) groups is 1. The van der Waals surface area contributed by atoms with Gasteiger partial charge >= 0.3 is 6.03 Å². The number of benzene rings is 2. The van der Waals surface area contributed by atoms with Crippen LogP contribution in [0.3, 0.4) is 0 Å². The number of nitrogens with one attached hydrogen (secondary N) is 1. The summed E-state index contributed by atoms with van der Waals surface area (Å²) in [4.78, 5) is 12.9. The lowest BCUT2D eigenvalue weighted by molar-refractivity contribution is 0.172. The lowest BCUT2D eigenvalue weighted by Crippen LogP contribution is -2.53. The molecule has 0 saturated carbocycles. The van der Waals surface area contributed by atoms with E-state index in [1.807, 2.05) is 0 Å². The van der Waals surface area contributed by atoms with Crippen molar-refractivity contribution >= 4 is 16.1 Å². The first-order valence-electron chi connectivity index (χ1n) is 9.00. The van der Waals surface area contributed by atoms with Crippen molar-refractivity contribution in [3.8, 4) is 0 Å². The van der Waals surface area contributed by atoms with Crippen molar-refractivity contribution in [2.24, 2.45) is 0 Å². The monoisotopic (exact) mass is 427 g/mol. The van der Waals surface area contributed by atoms with Crippen LogP contribution in [0.25, 0.3) is 0 Å². The maximum atomic E-state index is 13.9. The molecule has 1 aliphatic heterocycles. The Hall–Kier alpha value is -2.59. The number of sulfonamides is 1. The highest BCUT2D eigenvalue weighted by Gasteiger charge is 2.32. The van der Waals surface area contributed by atoms with E-state index in [1.54, 1.807) is 18.2 Å². The van der Waals surface area contributed by atoms with Crippen LogP contribution >= 0.6 is 0 Å². The summed E-state index contributed by atoms with van der Waals surface area (Å²) in [5.74, 6) is -2.22. The molecule has 1 aliphatic rings. The zero-order valence-corrected chi connectivity index (χ0v) is 16.3. The van der Waals surface area contributed by atoms with Crippen molar-refractivity contribution < 1.29 is 26.4 Å². The van der Waals surface area contributed by atoms with Crippen LogP contribution < -0.4 is 5.32 Å². The largest absolute Gasteiger partial charge is 0.338 e. The number of rotatable bonds is 5. The first-order chi connectivity index (χ1) is 13.8. The highest BCUT2D eigenvalue weighted by Crippen LogP contribution is 2.21. The van der Waals surface area contributed by atoms with E-state index in [1.165, 1.54) is 11.0 Å². The second kappa shape index (κ2) is 8.83. The lowest BCUT2D eigenvalue weighted by Gasteiger charge is -2.34. The van der Waals surface area contributed by atoms with Crippen LogP contribution in [0.4, 0.5) is 18.0 Å².